The van der Waals surface area contributed by atoms with Crippen molar-refractivity contribution >= 4 is 11.5 Å². The van der Waals surface area contributed by atoms with E-state index in [-0.39, 0.29) is 16.4 Å². The van der Waals surface area contributed by atoms with Crippen LogP contribution in [0.4, 0.5) is 0 Å². The number of aliphatic carboxylic acids is 1. The van der Waals surface area contributed by atoms with E-state index < -0.39 is 5.97 Å². The normalized spacial score (nSPS) is 12.1. The fraction of sp³-hybridized carbons (Fsp3) is 0.375. The molecule has 0 aliphatic heterocycles. The van der Waals surface area contributed by atoms with Gasteiger partial charge in [0.2, 0.25) is 0 Å². The number of carbonyl (C=O) groups is 1. The summed E-state index contributed by atoms with van der Waals surface area (Å²) in [5, 5.41) is 19.9. The van der Waals surface area contributed by atoms with Crippen LogP contribution in [0.5, 0.6) is 5.75 Å². The van der Waals surface area contributed by atoms with Gasteiger partial charge in [-0.3, -0.25) is 0 Å². The fourth-order valence-electron chi connectivity index (χ4n) is 3.12. The average molecular weight is 367 g/mol. The summed E-state index contributed by atoms with van der Waals surface area (Å²) in [6, 6.07) is 11.6. The number of benzene rings is 2. The van der Waals surface area contributed by atoms with Crippen LogP contribution < -0.4 is 0 Å². The van der Waals surface area contributed by atoms with E-state index in [0.717, 1.165) is 22.3 Å². The van der Waals surface area contributed by atoms with Crippen LogP contribution in [0.2, 0.25) is 0 Å². The third-order valence-electron chi connectivity index (χ3n) is 4.75. The molecule has 3 nitrogen and oxygen atoms in total. The Labute approximate surface area is 162 Å². The van der Waals surface area contributed by atoms with Crippen molar-refractivity contribution in [3.63, 3.8) is 0 Å². The lowest BCUT2D eigenvalue weighted by molar-refractivity contribution is -0.130. The number of carboxylic acids is 1. The number of hydrogen-bond acceptors (Lipinski definition) is 2. The van der Waals surface area contributed by atoms with E-state index in [1.165, 1.54) is 0 Å². The minimum atomic E-state index is -1.01. The van der Waals surface area contributed by atoms with Gasteiger partial charge < -0.3 is 10.2 Å². The molecule has 144 valence electrons. The van der Waals surface area contributed by atoms with Crippen LogP contribution in [0.3, 0.4) is 0 Å². The van der Waals surface area contributed by atoms with Crippen LogP contribution in [-0.2, 0) is 22.0 Å². The van der Waals surface area contributed by atoms with Crippen molar-refractivity contribution in [2.24, 2.45) is 0 Å². The van der Waals surface area contributed by atoms with Crippen LogP contribution in [0, 0.1) is 0 Å². The molecule has 0 bridgehead atoms. The largest absolute Gasteiger partial charge is 0.507 e. The van der Waals surface area contributed by atoms with Gasteiger partial charge in [0.1, 0.15) is 5.75 Å². The van der Waals surface area contributed by atoms with E-state index in [4.69, 9.17) is 5.11 Å². The molecule has 27 heavy (non-hydrogen) atoms. The van der Waals surface area contributed by atoms with Crippen molar-refractivity contribution in [3.05, 3.63) is 70.8 Å². The third kappa shape index (κ3) is 4.79. The quantitative estimate of drug-likeness (QED) is 0.685. The highest BCUT2D eigenvalue weighted by Gasteiger charge is 2.26. The van der Waals surface area contributed by atoms with E-state index in [2.05, 4.69) is 60.3 Å². The Morgan fingerprint density at radius 1 is 0.889 bits per heavy atom. The molecule has 0 unspecified atom stereocenters. The summed E-state index contributed by atoms with van der Waals surface area (Å²) in [6.45, 7) is 16.2. The smallest absolute Gasteiger partial charge is 0.335 e. The predicted octanol–water partition coefficient (Wildman–Crippen LogP) is 5.68. The van der Waals surface area contributed by atoms with E-state index in [9.17, 15) is 9.90 Å². The molecule has 0 radical (unpaired) electrons. The molecule has 0 fully saturated rings. The number of rotatable bonds is 4. The Morgan fingerprint density at radius 2 is 1.33 bits per heavy atom. The van der Waals surface area contributed by atoms with Crippen molar-refractivity contribution in [3.8, 4) is 5.75 Å². The third-order valence-corrected chi connectivity index (χ3v) is 4.75. The second kappa shape index (κ2) is 7.22. The number of phenolic OH excluding ortho intramolecular Hbond substituents is 1. The van der Waals surface area contributed by atoms with Crippen molar-refractivity contribution in [2.75, 3.05) is 0 Å². The van der Waals surface area contributed by atoms with Crippen molar-refractivity contribution < 1.29 is 15.0 Å². The molecule has 0 amide bonds. The highest BCUT2D eigenvalue weighted by atomic mass is 16.4. The van der Waals surface area contributed by atoms with Gasteiger partial charge in [-0.05, 0) is 45.1 Å². The molecule has 2 aromatic rings. The van der Waals surface area contributed by atoms with E-state index in [1.54, 1.807) is 12.1 Å². The molecule has 3 heteroatoms. The second-order valence-electron chi connectivity index (χ2n) is 9.20. The molecule has 0 spiro atoms. The number of hydrogen-bond donors (Lipinski definition) is 2. The van der Waals surface area contributed by atoms with Gasteiger partial charge in [-0.2, -0.15) is 0 Å². The van der Waals surface area contributed by atoms with Crippen LogP contribution in [0.25, 0.3) is 5.57 Å². The van der Waals surface area contributed by atoms with Crippen molar-refractivity contribution in [1.29, 1.82) is 0 Å². The highest BCUT2D eigenvalue weighted by molar-refractivity contribution is 6.14. The van der Waals surface area contributed by atoms with Crippen LogP contribution in [-0.4, -0.2) is 16.2 Å². The van der Waals surface area contributed by atoms with E-state index in [0.29, 0.717) is 17.7 Å². The van der Waals surface area contributed by atoms with Gasteiger partial charge in [0.05, 0.1) is 5.57 Å². The first kappa shape index (κ1) is 20.8. The minimum Gasteiger partial charge on any atom is -0.507 e. The fourth-order valence-corrected chi connectivity index (χ4v) is 3.12. The maximum atomic E-state index is 11.0. The lowest BCUT2D eigenvalue weighted by Crippen LogP contribution is -2.18. The number of aromatic hydroxyl groups is 1. The lowest BCUT2D eigenvalue weighted by Gasteiger charge is -2.28. The van der Waals surface area contributed by atoms with Crippen LogP contribution in [0.15, 0.2) is 43.0 Å². The number of phenols is 1. The van der Waals surface area contributed by atoms with E-state index in [1.807, 2.05) is 12.1 Å². The zero-order valence-corrected chi connectivity index (χ0v) is 17.2. The second-order valence-corrected chi connectivity index (χ2v) is 9.20. The summed E-state index contributed by atoms with van der Waals surface area (Å²) >= 11 is 0. The number of carboxylic acid groups (broad SMARTS) is 1. The molecule has 2 rings (SSSR count). The Morgan fingerprint density at radius 3 is 1.70 bits per heavy atom. The molecule has 2 aromatic carbocycles. The van der Waals surface area contributed by atoms with E-state index >= 15 is 0 Å². The maximum Gasteiger partial charge on any atom is 0.335 e. The predicted molar refractivity (Wildman–Crippen MR) is 111 cm³/mol. The van der Waals surface area contributed by atoms with Crippen LogP contribution >= 0.6 is 0 Å². The summed E-state index contributed by atoms with van der Waals surface area (Å²) in [7, 11) is 0. The first-order valence-electron chi connectivity index (χ1n) is 9.19. The molecule has 0 aliphatic rings. The molecule has 0 saturated heterocycles. The summed E-state index contributed by atoms with van der Waals surface area (Å²) in [4.78, 5) is 11.0. The zero-order chi connectivity index (χ0) is 20.6. The van der Waals surface area contributed by atoms with Crippen molar-refractivity contribution in [1.82, 2.24) is 0 Å². The molecule has 0 atom stereocenters. The van der Waals surface area contributed by atoms with Gasteiger partial charge >= 0.3 is 5.97 Å². The topological polar surface area (TPSA) is 57.5 Å². The molecule has 0 aromatic heterocycles. The molecule has 0 saturated carbocycles. The Kier molecular flexibility index (Phi) is 5.55. The molecule has 2 N–H and O–H groups in total. The summed E-state index contributed by atoms with van der Waals surface area (Å²) in [6.07, 6.45) is 0.715. The van der Waals surface area contributed by atoms with Gasteiger partial charge in [0.25, 0.3) is 0 Å². The highest BCUT2D eigenvalue weighted by Crippen LogP contribution is 2.40. The van der Waals surface area contributed by atoms with Gasteiger partial charge in [-0.1, -0.05) is 84.5 Å². The van der Waals surface area contributed by atoms with Crippen molar-refractivity contribution in [2.45, 2.75) is 58.8 Å². The monoisotopic (exact) mass is 366 g/mol. The molecule has 0 aliphatic carbocycles. The van der Waals surface area contributed by atoms with Crippen LogP contribution in [0.1, 0.15) is 69.4 Å². The Balaban J connectivity index is 2.44. The zero-order valence-electron chi connectivity index (χ0n) is 17.2. The maximum absolute atomic E-state index is 11.0. The van der Waals surface area contributed by atoms with Gasteiger partial charge in [-0.15, -0.1) is 0 Å². The summed E-state index contributed by atoms with van der Waals surface area (Å²) in [5.74, 6) is -0.627. The first-order valence-corrected chi connectivity index (χ1v) is 9.19. The minimum absolute atomic E-state index is 0.0937. The summed E-state index contributed by atoms with van der Waals surface area (Å²) in [5.41, 5.74) is 4.49. The van der Waals surface area contributed by atoms with Gasteiger partial charge in [0, 0.05) is 0 Å². The molecule has 0 heterocycles. The summed E-state index contributed by atoms with van der Waals surface area (Å²) < 4.78 is 0. The Bertz CT molecular complexity index is 825. The SMILES string of the molecule is C=C(C(=O)O)c1ccc(Cc2cc(C(C)(C)C)c(O)c(C(C)(C)C)c2)cc1. The van der Waals surface area contributed by atoms with Gasteiger partial charge in [-0.25, -0.2) is 4.79 Å². The van der Waals surface area contributed by atoms with Gasteiger partial charge in [0.15, 0.2) is 0 Å². The average Bonchev–Trinajstić information content (AvgIpc) is 2.54. The Hall–Kier alpha value is -2.55. The molecular weight excluding hydrogens is 336 g/mol. The molecular formula is C24H30O3. The first-order chi connectivity index (χ1) is 12.3. The lowest BCUT2D eigenvalue weighted by atomic mass is 9.78. The standard InChI is InChI=1S/C24H30O3/c1-15(22(26)27)18-10-8-16(9-11-18)12-17-13-19(23(2,3)4)21(25)20(14-17)24(5,6)7/h8-11,13-14,25H,1,12H2,2-7H3,(H,26,27).